The van der Waals surface area contributed by atoms with Gasteiger partial charge in [-0.05, 0) is 52.3 Å². The van der Waals surface area contributed by atoms with Gasteiger partial charge in [0, 0.05) is 6.04 Å². The minimum Gasteiger partial charge on any atom is -0.460 e. The van der Waals surface area contributed by atoms with Crippen LogP contribution in [0.5, 0.6) is 0 Å². The van der Waals surface area contributed by atoms with Crippen LogP contribution in [0.4, 0.5) is 4.39 Å². The molecule has 0 N–H and O–H groups in total. The fourth-order valence-electron chi connectivity index (χ4n) is 2.71. The molecule has 24 heavy (non-hydrogen) atoms. The first-order chi connectivity index (χ1) is 11.3. The van der Waals surface area contributed by atoms with E-state index in [1.807, 2.05) is 25.7 Å². The molecular formula is C18H24FNO4. The van der Waals surface area contributed by atoms with Gasteiger partial charge < -0.3 is 9.47 Å². The summed E-state index contributed by atoms with van der Waals surface area (Å²) >= 11 is 0. The minimum absolute atomic E-state index is 0.0479. The number of likely N-dealkylation sites (tertiary alicyclic amines) is 1. The standard InChI is InChI=1S/C18H24FNO4/c1-18(2,3)24-16(21)11-20-10-6-7-13(20)12-23-17(22)14-8-4-5-9-15(14)19/h4-5,8-9,13H,6-7,10-12H2,1-3H3/t13-/m0/s1. The zero-order valence-electron chi connectivity index (χ0n) is 14.4. The second-order valence-corrected chi connectivity index (χ2v) is 6.93. The van der Waals surface area contributed by atoms with Crippen molar-refractivity contribution in [3.8, 4) is 0 Å². The van der Waals surface area contributed by atoms with Gasteiger partial charge in [-0.15, -0.1) is 0 Å². The number of hydrogen-bond acceptors (Lipinski definition) is 5. The molecule has 0 radical (unpaired) electrons. The normalized spacial score (nSPS) is 18.4. The average Bonchev–Trinajstić information content (AvgIpc) is 2.90. The van der Waals surface area contributed by atoms with Gasteiger partial charge in [0.1, 0.15) is 18.0 Å². The minimum atomic E-state index is -0.683. The maximum atomic E-state index is 13.6. The quantitative estimate of drug-likeness (QED) is 0.773. The van der Waals surface area contributed by atoms with Crippen LogP contribution in [0.25, 0.3) is 0 Å². The van der Waals surface area contributed by atoms with Crippen LogP contribution in [0, 0.1) is 5.82 Å². The van der Waals surface area contributed by atoms with Crippen LogP contribution < -0.4 is 0 Å². The van der Waals surface area contributed by atoms with E-state index in [0.717, 1.165) is 19.4 Å². The lowest BCUT2D eigenvalue weighted by molar-refractivity contribution is -0.156. The highest BCUT2D eigenvalue weighted by Crippen LogP contribution is 2.19. The summed E-state index contributed by atoms with van der Waals surface area (Å²) in [5.74, 6) is -1.58. The van der Waals surface area contributed by atoms with Gasteiger partial charge in [0.05, 0.1) is 12.1 Å². The maximum Gasteiger partial charge on any atom is 0.341 e. The molecule has 132 valence electrons. The Labute approximate surface area is 141 Å². The smallest absolute Gasteiger partial charge is 0.341 e. The van der Waals surface area contributed by atoms with E-state index < -0.39 is 17.4 Å². The van der Waals surface area contributed by atoms with Crippen molar-refractivity contribution in [3.63, 3.8) is 0 Å². The van der Waals surface area contributed by atoms with E-state index in [0.29, 0.717) is 0 Å². The Morgan fingerprint density at radius 2 is 2.00 bits per heavy atom. The second kappa shape index (κ2) is 7.75. The van der Waals surface area contributed by atoms with Crippen molar-refractivity contribution >= 4 is 11.9 Å². The highest BCUT2D eigenvalue weighted by atomic mass is 19.1. The summed E-state index contributed by atoms with van der Waals surface area (Å²) in [7, 11) is 0. The number of hydrogen-bond donors (Lipinski definition) is 0. The summed E-state index contributed by atoms with van der Waals surface area (Å²) < 4.78 is 24.1. The molecule has 0 aromatic heterocycles. The molecule has 0 unspecified atom stereocenters. The number of rotatable bonds is 5. The van der Waals surface area contributed by atoms with Gasteiger partial charge in [-0.3, -0.25) is 9.69 Å². The Bertz CT molecular complexity index is 597. The van der Waals surface area contributed by atoms with Gasteiger partial charge in [-0.25, -0.2) is 9.18 Å². The maximum absolute atomic E-state index is 13.6. The predicted molar refractivity (Wildman–Crippen MR) is 87.1 cm³/mol. The molecule has 1 saturated heterocycles. The fourth-order valence-corrected chi connectivity index (χ4v) is 2.71. The molecule has 0 spiro atoms. The number of halogens is 1. The van der Waals surface area contributed by atoms with Crippen molar-refractivity contribution in [2.45, 2.75) is 45.3 Å². The lowest BCUT2D eigenvalue weighted by Gasteiger charge is -2.26. The van der Waals surface area contributed by atoms with Crippen LogP contribution in [0.1, 0.15) is 44.0 Å². The molecule has 1 atom stereocenters. The van der Waals surface area contributed by atoms with Crippen LogP contribution in [-0.2, 0) is 14.3 Å². The van der Waals surface area contributed by atoms with E-state index in [-0.39, 0.29) is 30.7 Å². The number of ether oxygens (including phenoxy) is 2. The van der Waals surface area contributed by atoms with Crippen molar-refractivity contribution in [2.75, 3.05) is 19.7 Å². The van der Waals surface area contributed by atoms with Crippen molar-refractivity contribution in [3.05, 3.63) is 35.6 Å². The Morgan fingerprint density at radius 1 is 1.29 bits per heavy atom. The molecule has 1 aliphatic rings. The lowest BCUT2D eigenvalue weighted by atomic mass is 10.2. The van der Waals surface area contributed by atoms with Crippen LogP contribution in [0.15, 0.2) is 24.3 Å². The highest BCUT2D eigenvalue weighted by Gasteiger charge is 2.29. The topological polar surface area (TPSA) is 55.8 Å². The molecular weight excluding hydrogens is 313 g/mol. The predicted octanol–water partition coefficient (Wildman–Crippen LogP) is 2.79. The van der Waals surface area contributed by atoms with E-state index in [9.17, 15) is 14.0 Å². The largest absolute Gasteiger partial charge is 0.460 e. The first kappa shape index (κ1) is 18.4. The number of nitrogens with zero attached hydrogens (tertiary/aromatic N) is 1. The van der Waals surface area contributed by atoms with E-state index >= 15 is 0 Å². The lowest BCUT2D eigenvalue weighted by Crippen LogP contribution is -2.40. The third kappa shape index (κ3) is 5.30. The molecule has 1 heterocycles. The molecule has 0 amide bonds. The van der Waals surface area contributed by atoms with Crippen molar-refractivity contribution in [2.24, 2.45) is 0 Å². The Morgan fingerprint density at radius 3 is 2.67 bits per heavy atom. The number of carbonyl (C=O) groups is 2. The summed E-state index contributed by atoms with van der Waals surface area (Å²) in [4.78, 5) is 25.9. The Hall–Kier alpha value is -1.95. The summed E-state index contributed by atoms with van der Waals surface area (Å²) in [6.07, 6.45) is 1.75. The molecule has 1 aromatic rings. The third-order valence-electron chi connectivity index (χ3n) is 3.75. The molecule has 0 aliphatic carbocycles. The van der Waals surface area contributed by atoms with E-state index in [4.69, 9.17) is 9.47 Å². The van der Waals surface area contributed by atoms with Gasteiger partial charge in [-0.2, -0.15) is 0 Å². The van der Waals surface area contributed by atoms with Crippen LogP contribution in [-0.4, -0.2) is 48.2 Å². The molecule has 0 saturated carbocycles. The van der Waals surface area contributed by atoms with Crippen molar-refractivity contribution in [1.82, 2.24) is 4.90 Å². The highest BCUT2D eigenvalue weighted by molar-refractivity contribution is 5.89. The van der Waals surface area contributed by atoms with Gasteiger partial charge in [0.2, 0.25) is 0 Å². The molecule has 1 aromatic carbocycles. The van der Waals surface area contributed by atoms with Gasteiger partial charge in [0.25, 0.3) is 0 Å². The molecule has 2 rings (SSSR count). The zero-order chi connectivity index (χ0) is 17.7. The first-order valence-electron chi connectivity index (χ1n) is 8.14. The van der Waals surface area contributed by atoms with Crippen LogP contribution in [0.3, 0.4) is 0 Å². The molecule has 1 aliphatic heterocycles. The second-order valence-electron chi connectivity index (χ2n) is 6.93. The SMILES string of the molecule is CC(C)(C)OC(=O)CN1CCC[C@H]1COC(=O)c1ccccc1F. The summed E-state index contributed by atoms with van der Waals surface area (Å²) in [5, 5.41) is 0. The van der Waals surface area contributed by atoms with E-state index in [1.165, 1.54) is 18.2 Å². The number of benzene rings is 1. The average molecular weight is 337 g/mol. The Kier molecular flexibility index (Phi) is 5.94. The van der Waals surface area contributed by atoms with Crippen molar-refractivity contribution < 1.29 is 23.5 Å². The van der Waals surface area contributed by atoms with E-state index in [2.05, 4.69) is 0 Å². The summed E-state index contributed by atoms with van der Waals surface area (Å²) in [6, 6.07) is 5.68. The monoisotopic (exact) mass is 337 g/mol. The molecule has 0 bridgehead atoms. The zero-order valence-corrected chi connectivity index (χ0v) is 14.4. The van der Waals surface area contributed by atoms with Gasteiger partial charge >= 0.3 is 11.9 Å². The molecule has 1 fully saturated rings. The van der Waals surface area contributed by atoms with Crippen molar-refractivity contribution in [1.29, 1.82) is 0 Å². The van der Waals surface area contributed by atoms with Crippen LogP contribution in [0.2, 0.25) is 0 Å². The first-order valence-corrected chi connectivity index (χ1v) is 8.14. The number of esters is 2. The molecule has 5 nitrogen and oxygen atoms in total. The Balaban J connectivity index is 1.86. The number of carbonyl (C=O) groups excluding carboxylic acids is 2. The summed E-state index contributed by atoms with van der Waals surface area (Å²) in [6.45, 7) is 6.52. The third-order valence-corrected chi connectivity index (χ3v) is 3.75. The van der Waals surface area contributed by atoms with Gasteiger partial charge in [0.15, 0.2) is 0 Å². The molecule has 6 heteroatoms. The van der Waals surface area contributed by atoms with E-state index in [1.54, 1.807) is 6.07 Å². The van der Waals surface area contributed by atoms with Gasteiger partial charge in [-0.1, -0.05) is 12.1 Å². The fraction of sp³-hybridized carbons (Fsp3) is 0.556. The summed E-state index contributed by atoms with van der Waals surface area (Å²) in [5.41, 5.74) is -0.599. The van der Waals surface area contributed by atoms with Crippen LogP contribution >= 0.6 is 0 Å².